The fourth-order valence-corrected chi connectivity index (χ4v) is 1.63. The summed E-state index contributed by atoms with van der Waals surface area (Å²) < 4.78 is 10.4. The molecule has 2 aromatic rings. The lowest BCUT2D eigenvalue weighted by Crippen LogP contribution is -2.09. The summed E-state index contributed by atoms with van der Waals surface area (Å²) in [5.74, 6) is 0.276. The number of esters is 1. The summed E-state index contributed by atoms with van der Waals surface area (Å²) in [6, 6.07) is 13.6. The Morgan fingerprint density at radius 3 is 2.47 bits per heavy atom. The lowest BCUT2D eigenvalue weighted by atomic mass is 10.2. The molecule has 0 aliphatic heterocycles. The first-order chi connectivity index (χ1) is 9.24. The van der Waals surface area contributed by atoms with Gasteiger partial charge in [0.05, 0.1) is 19.3 Å². The van der Waals surface area contributed by atoms with E-state index in [9.17, 15) is 4.79 Å². The molecule has 0 unspecified atom stereocenters. The third kappa shape index (κ3) is 3.11. The zero-order valence-electron chi connectivity index (χ0n) is 10.5. The summed E-state index contributed by atoms with van der Waals surface area (Å²) in [7, 11) is 1.49. The summed E-state index contributed by atoms with van der Waals surface area (Å²) in [5, 5.41) is 9.10. The summed E-state index contributed by atoms with van der Waals surface area (Å²) in [4.78, 5) is 11.9. The quantitative estimate of drug-likeness (QED) is 0.676. The lowest BCUT2D eigenvalue weighted by molar-refractivity contribution is 0.0729. The van der Waals surface area contributed by atoms with Crippen LogP contribution >= 0.6 is 0 Å². The minimum absolute atomic E-state index is 0.125. The van der Waals surface area contributed by atoms with Crippen LogP contribution in [0.1, 0.15) is 15.9 Å². The highest BCUT2D eigenvalue weighted by Crippen LogP contribution is 2.28. The largest absolute Gasteiger partial charge is 0.493 e. The maximum Gasteiger partial charge on any atom is 0.343 e. The van der Waals surface area contributed by atoms with Crippen LogP contribution in [0, 0.1) is 0 Å². The van der Waals surface area contributed by atoms with Crippen molar-refractivity contribution < 1.29 is 19.4 Å². The molecule has 4 heteroatoms. The first-order valence-electron chi connectivity index (χ1n) is 5.79. The summed E-state index contributed by atoms with van der Waals surface area (Å²) >= 11 is 0. The first kappa shape index (κ1) is 13.1. The molecule has 0 amide bonds. The van der Waals surface area contributed by atoms with Crippen molar-refractivity contribution in [3.63, 3.8) is 0 Å². The van der Waals surface area contributed by atoms with Crippen molar-refractivity contribution in [2.75, 3.05) is 7.11 Å². The minimum atomic E-state index is -0.464. The molecule has 0 heterocycles. The Balaban J connectivity index is 2.25. The Labute approximate surface area is 111 Å². The molecule has 1 N–H and O–H groups in total. The van der Waals surface area contributed by atoms with Crippen LogP contribution < -0.4 is 9.47 Å². The van der Waals surface area contributed by atoms with Gasteiger partial charge in [-0.25, -0.2) is 4.79 Å². The van der Waals surface area contributed by atoms with E-state index in [0.29, 0.717) is 22.6 Å². The number of methoxy groups -OCH3 is 1. The average Bonchev–Trinajstić information content (AvgIpc) is 2.48. The molecule has 0 saturated carbocycles. The third-order valence-corrected chi connectivity index (χ3v) is 2.62. The molecule has 4 nitrogen and oxygen atoms in total. The van der Waals surface area contributed by atoms with Gasteiger partial charge in [-0.3, -0.25) is 0 Å². The van der Waals surface area contributed by atoms with Gasteiger partial charge in [0.2, 0.25) is 0 Å². The van der Waals surface area contributed by atoms with Crippen molar-refractivity contribution in [3.05, 3.63) is 59.7 Å². The van der Waals surface area contributed by atoms with Crippen LogP contribution in [0.2, 0.25) is 0 Å². The van der Waals surface area contributed by atoms with Gasteiger partial charge in [0, 0.05) is 0 Å². The third-order valence-electron chi connectivity index (χ3n) is 2.62. The molecule has 0 radical (unpaired) electrons. The van der Waals surface area contributed by atoms with E-state index >= 15 is 0 Å². The number of hydrogen-bond acceptors (Lipinski definition) is 4. The fourth-order valence-electron chi connectivity index (χ4n) is 1.63. The van der Waals surface area contributed by atoms with E-state index in [4.69, 9.17) is 14.6 Å². The highest BCUT2D eigenvalue weighted by atomic mass is 16.6. The summed E-state index contributed by atoms with van der Waals surface area (Å²) in [5.41, 5.74) is 1.11. The highest BCUT2D eigenvalue weighted by Gasteiger charge is 2.12. The second kappa shape index (κ2) is 6.02. The summed E-state index contributed by atoms with van der Waals surface area (Å²) in [6.45, 7) is -0.125. The Kier molecular flexibility index (Phi) is 4.15. The molecular weight excluding hydrogens is 244 g/mol. The Morgan fingerprint density at radius 2 is 1.84 bits per heavy atom. The molecular formula is C15H14O4. The van der Waals surface area contributed by atoms with Crippen LogP contribution in [0.3, 0.4) is 0 Å². The number of rotatable bonds is 4. The van der Waals surface area contributed by atoms with Crippen molar-refractivity contribution in [2.24, 2.45) is 0 Å². The van der Waals surface area contributed by atoms with Gasteiger partial charge in [-0.2, -0.15) is 0 Å². The van der Waals surface area contributed by atoms with Gasteiger partial charge in [-0.1, -0.05) is 24.3 Å². The monoisotopic (exact) mass is 258 g/mol. The smallest absolute Gasteiger partial charge is 0.343 e. The Morgan fingerprint density at radius 1 is 1.11 bits per heavy atom. The van der Waals surface area contributed by atoms with Crippen molar-refractivity contribution in [1.82, 2.24) is 0 Å². The number of aliphatic hydroxyl groups excluding tert-OH is 1. The van der Waals surface area contributed by atoms with Gasteiger partial charge in [0.1, 0.15) is 0 Å². The van der Waals surface area contributed by atoms with E-state index in [-0.39, 0.29) is 6.61 Å². The minimum Gasteiger partial charge on any atom is -0.493 e. The highest BCUT2D eigenvalue weighted by molar-refractivity contribution is 5.91. The van der Waals surface area contributed by atoms with E-state index in [1.807, 2.05) is 6.07 Å². The molecule has 0 aliphatic rings. The van der Waals surface area contributed by atoms with Crippen LogP contribution in [0.4, 0.5) is 0 Å². The number of aliphatic hydroxyl groups is 1. The zero-order valence-corrected chi connectivity index (χ0v) is 10.5. The number of hydrogen-bond donors (Lipinski definition) is 1. The van der Waals surface area contributed by atoms with E-state index < -0.39 is 5.97 Å². The topological polar surface area (TPSA) is 55.8 Å². The molecule has 2 aromatic carbocycles. The number of benzene rings is 2. The van der Waals surface area contributed by atoms with Gasteiger partial charge in [0.25, 0.3) is 0 Å². The SMILES string of the molecule is COc1ccc(CO)cc1OC(=O)c1ccccc1. The number of ether oxygens (including phenoxy) is 2. The molecule has 98 valence electrons. The second-order valence-electron chi connectivity index (χ2n) is 3.90. The van der Waals surface area contributed by atoms with Gasteiger partial charge < -0.3 is 14.6 Å². The van der Waals surface area contributed by atoms with E-state index in [2.05, 4.69) is 0 Å². The molecule has 0 aliphatic carbocycles. The molecule has 19 heavy (non-hydrogen) atoms. The molecule has 0 saturated heterocycles. The first-order valence-corrected chi connectivity index (χ1v) is 5.79. The average molecular weight is 258 g/mol. The van der Waals surface area contributed by atoms with Crippen molar-refractivity contribution in [3.8, 4) is 11.5 Å². The van der Waals surface area contributed by atoms with E-state index in [0.717, 1.165) is 0 Å². The molecule has 0 spiro atoms. The van der Waals surface area contributed by atoms with Crippen LogP contribution in [0.5, 0.6) is 11.5 Å². The Bertz CT molecular complexity index is 564. The van der Waals surface area contributed by atoms with Gasteiger partial charge in [0.15, 0.2) is 11.5 Å². The standard InChI is InChI=1S/C15H14O4/c1-18-13-8-7-11(10-16)9-14(13)19-15(17)12-5-3-2-4-6-12/h2-9,16H,10H2,1H3. The van der Waals surface area contributed by atoms with Gasteiger partial charge >= 0.3 is 5.97 Å². The van der Waals surface area contributed by atoms with E-state index in [1.54, 1.807) is 42.5 Å². The van der Waals surface area contributed by atoms with Crippen LogP contribution in [-0.4, -0.2) is 18.2 Å². The summed E-state index contributed by atoms with van der Waals surface area (Å²) in [6.07, 6.45) is 0. The number of carbonyl (C=O) groups is 1. The lowest BCUT2D eigenvalue weighted by Gasteiger charge is -2.10. The van der Waals surface area contributed by atoms with Crippen LogP contribution in [0.25, 0.3) is 0 Å². The second-order valence-corrected chi connectivity index (χ2v) is 3.90. The molecule has 0 fully saturated rings. The molecule has 0 atom stereocenters. The van der Waals surface area contributed by atoms with Crippen molar-refractivity contribution >= 4 is 5.97 Å². The predicted octanol–water partition coefficient (Wildman–Crippen LogP) is 2.41. The fraction of sp³-hybridized carbons (Fsp3) is 0.133. The van der Waals surface area contributed by atoms with Crippen molar-refractivity contribution in [1.29, 1.82) is 0 Å². The van der Waals surface area contributed by atoms with Crippen LogP contribution in [-0.2, 0) is 6.61 Å². The normalized spacial score (nSPS) is 10.0. The predicted molar refractivity (Wildman–Crippen MR) is 70.3 cm³/mol. The Hall–Kier alpha value is -2.33. The zero-order chi connectivity index (χ0) is 13.7. The van der Waals surface area contributed by atoms with Gasteiger partial charge in [-0.15, -0.1) is 0 Å². The van der Waals surface area contributed by atoms with Crippen molar-refractivity contribution in [2.45, 2.75) is 6.61 Å². The van der Waals surface area contributed by atoms with Crippen LogP contribution in [0.15, 0.2) is 48.5 Å². The maximum absolute atomic E-state index is 11.9. The maximum atomic E-state index is 11.9. The van der Waals surface area contributed by atoms with E-state index in [1.165, 1.54) is 7.11 Å². The number of carbonyl (C=O) groups excluding carboxylic acids is 1. The van der Waals surface area contributed by atoms with Gasteiger partial charge in [-0.05, 0) is 29.8 Å². The molecule has 2 rings (SSSR count). The molecule has 0 aromatic heterocycles. The molecule has 0 bridgehead atoms.